The van der Waals surface area contributed by atoms with E-state index in [0.29, 0.717) is 5.56 Å². The van der Waals surface area contributed by atoms with Crippen molar-refractivity contribution in [1.82, 2.24) is 0 Å². The third-order valence-electron chi connectivity index (χ3n) is 6.02. The van der Waals surface area contributed by atoms with E-state index in [2.05, 4.69) is 6.92 Å². The number of benzene rings is 1. The number of aromatic carboxylic acids is 1. The van der Waals surface area contributed by atoms with E-state index < -0.39 is 5.97 Å². The average molecular weight is 403 g/mol. The first-order valence-corrected chi connectivity index (χ1v) is 12.6. The van der Waals surface area contributed by atoms with Crippen LogP contribution in [0.4, 0.5) is 0 Å². The fourth-order valence-electron chi connectivity index (χ4n) is 4.04. The second kappa shape index (κ2) is 18.7. The van der Waals surface area contributed by atoms with Gasteiger partial charge in [0, 0.05) is 0 Å². The van der Waals surface area contributed by atoms with Crippen molar-refractivity contribution in [3.63, 3.8) is 0 Å². The fraction of sp³-hybridized carbons (Fsp3) is 0.741. The van der Waals surface area contributed by atoms with E-state index in [1.54, 1.807) is 12.1 Å². The van der Waals surface area contributed by atoms with E-state index in [1.165, 1.54) is 121 Å². The van der Waals surface area contributed by atoms with Gasteiger partial charge in [0.2, 0.25) is 0 Å². The summed E-state index contributed by atoms with van der Waals surface area (Å²) in [6.45, 7) is 2.29. The highest BCUT2D eigenvalue weighted by Crippen LogP contribution is 2.15. The largest absolute Gasteiger partial charge is 0.478 e. The monoisotopic (exact) mass is 402 g/mol. The average Bonchev–Trinajstić information content (AvgIpc) is 2.73. The van der Waals surface area contributed by atoms with Crippen LogP contribution in [0.15, 0.2) is 24.3 Å². The van der Waals surface area contributed by atoms with E-state index in [4.69, 9.17) is 5.11 Å². The predicted octanol–water partition coefficient (Wildman–Crippen LogP) is 8.97. The van der Waals surface area contributed by atoms with Crippen molar-refractivity contribution in [2.45, 2.75) is 129 Å². The van der Waals surface area contributed by atoms with Crippen molar-refractivity contribution in [2.24, 2.45) is 0 Å². The second-order valence-electron chi connectivity index (χ2n) is 8.76. The maximum atomic E-state index is 10.8. The van der Waals surface area contributed by atoms with E-state index >= 15 is 0 Å². The molecule has 1 rings (SSSR count). The maximum Gasteiger partial charge on any atom is 0.335 e. The van der Waals surface area contributed by atoms with Gasteiger partial charge in [-0.2, -0.15) is 0 Å². The molecule has 1 N–H and O–H groups in total. The smallest absolute Gasteiger partial charge is 0.335 e. The van der Waals surface area contributed by atoms with Crippen molar-refractivity contribution in [3.05, 3.63) is 35.4 Å². The standard InChI is InChI=1S/C27H46O2/c1-2-3-4-5-6-7-8-9-10-11-12-13-14-15-16-17-18-19-20-25-21-23-26(24-22-25)27(28)29/h21-24H,2-20H2,1H3,(H,28,29). The number of rotatable bonds is 20. The van der Waals surface area contributed by atoms with Gasteiger partial charge in [0.15, 0.2) is 0 Å². The quantitative estimate of drug-likeness (QED) is 0.221. The van der Waals surface area contributed by atoms with Gasteiger partial charge in [-0.3, -0.25) is 0 Å². The molecule has 0 radical (unpaired) electrons. The molecule has 0 aromatic heterocycles. The lowest BCUT2D eigenvalue weighted by atomic mass is 10.0. The number of carbonyl (C=O) groups is 1. The summed E-state index contributed by atoms with van der Waals surface area (Å²) in [7, 11) is 0. The van der Waals surface area contributed by atoms with Crippen LogP contribution in [0.25, 0.3) is 0 Å². The first-order chi connectivity index (χ1) is 14.2. The maximum absolute atomic E-state index is 10.8. The molecule has 0 bridgehead atoms. The molecule has 2 nitrogen and oxygen atoms in total. The summed E-state index contributed by atoms with van der Waals surface area (Å²) in [4.78, 5) is 10.8. The molecule has 2 heteroatoms. The van der Waals surface area contributed by atoms with Gasteiger partial charge < -0.3 is 5.11 Å². The Morgan fingerprint density at radius 1 is 0.586 bits per heavy atom. The molecule has 0 saturated heterocycles. The first-order valence-electron chi connectivity index (χ1n) is 12.6. The normalized spacial score (nSPS) is 11.1. The number of hydrogen-bond acceptors (Lipinski definition) is 1. The van der Waals surface area contributed by atoms with E-state index in [0.717, 1.165) is 6.42 Å². The van der Waals surface area contributed by atoms with Crippen molar-refractivity contribution in [1.29, 1.82) is 0 Å². The molecule has 0 amide bonds. The minimum Gasteiger partial charge on any atom is -0.478 e. The molecular weight excluding hydrogens is 356 g/mol. The second-order valence-corrected chi connectivity index (χ2v) is 8.76. The summed E-state index contributed by atoms with van der Waals surface area (Å²) in [5.74, 6) is -0.843. The van der Waals surface area contributed by atoms with Crippen LogP contribution in [0.3, 0.4) is 0 Å². The Morgan fingerprint density at radius 3 is 1.28 bits per heavy atom. The molecule has 0 aliphatic rings. The van der Waals surface area contributed by atoms with Gasteiger partial charge in [-0.05, 0) is 30.5 Å². The van der Waals surface area contributed by atoms with Gasteiger partial charge in [0.25, 0.3) is 0 Å². The van der Waals surface area contributed by atoms with Crippen LogP contribution in [-0.4, -0.2) is 11.1 Å². The lowest BCUT2D eigenvalue weighted by Gasteiger charge is -2.04. The zero-order valence-corrected chi connectivity index (χ0v) is 19.1. The highest BCUT2D eigenvalue weighted by molar-refractivity contribution is 5.87. The Morgan fingerprint density at radius 2 is 0.931 bits per heavy atom. The van der Waals surface area contributed by atoms with Gasteiger partial charge in [-0.15, -0.1) is 0 Å². The van der Waals surface area contributed by atoms with Crippen molar-refractivity contribution in [3.8, 4) is 0 Å². The third kappa shape index (κ3) is 15.2. The summed E-state index contributed by atoms with van der Waals surface area (Å²) >= 11 is 0. The predicted molar refractivity (Wildman–Crippen MR) is 126 cm³/mol. The molecule has 0 saturated carbocycles. The first kappa shape index (κ1) is 25.7. The Balaban J connectivity index is 1.77. The lowest BCUT2D eigenvalue weighted by molar-refractivity contribution is 0.0697. The van der Waals surface area contributed by atoms with Crippen molar-refractivity contribution >= 4 is 5.97 Å². The molecule has 29 heavy (non-hydrogen) atoms. The van der Waals surface area contributed by atoms with Crippen LogP contribution in [-0.2, 0) is 6.42 Å². The van der Waals surface area contributed by atoms with Crippen LogP contribution in [0.1, 0.15) is 138 Å². The SMILES string of the molecule is CCCCCCCCCCCCCCCCCCCCc1ccc(C(=O)O)cc1. The van der Waals surface area contributed by atoms with Gasteiger partial charge in [-0.25, -0.2) is 4.79 Å². The van der Waals surface area contributed by atoms with Gasteiger partial charge in [-0.1, -0.05) is 128 Å². The lowest BCUT2D eigenvalue weighted by Crippen LogP contribution is -1.96. The molecule has 0 spiro atoms. The van der Waals surface area contributed by atoms with Crippen LogP contribution < -0.4 is 0 Å². The highest BCUT2D eigenvalue weighted by Gasteiger charge is 2.01. The Hall–Kier alpha value is -1.31. The molecule has 0 fully saturated rings. The number of unbranched alkanes of at least 4 members (excludes halogenated alkanes) is 17. The Bertz CT molecular complexity index is 492. The summed E-state index contributed by atoms with van der Waals surface area (Å²) in [6.07, 6.45) is 26.3. The zero-order valence-electron chi connectivity index (χ0n) is 19.1. The molecule has 1 aromatic rings. The van der Waals surface area contributed by atoms with Crippen LogP contribution in [0, 0.1) is 0 Å². The van der Waals surface area contributed by atoms with E-state index in [1.807, 2.05) is 12.1 Å². The van der Waals surface area contributed by atoms with Crippen molar-refractivity contribution < 1.29 is 9.90 Å². The molecular formula is C27H46O2. The Kier molecular flexibility index (Phi) is 16.6. The molecule has 0 unspecified atom stereocenters. The minimum atomic E-state index is -0.843. The zero-order chi connectivity index (χ0) is 21.0. The molecule has 1 aromatic carbocycles. The van der Waals surface area contributed by atoms with E-state index in [9.17, 15) is 4.79 Å². The summed E-state index contributed by atoms with van der Waals surface area (Å²) in [6, 6.07) is 7.34. The molecule has 0 heterocycles. The van der Waals surface area contributed by atoms with Gasteiger partial charge in [0.1, 0.15) is 0 Å². The summed E-state index contributed by atoms with van der Waals surface area (Å²) in [5.41, 5.74) is 1.64. The fourth-order valence-corrected chi connectivity index (χ4v) is 4.04. The molecule has 0 aliphatic heterocycles. The summed E-state index contributed by atoms with van der Waals surface area (Å²) < 4.78 is 0. The van der Waals surface area contributed by atoms with Gasteiger partial charge >= 0.3 is 5.97 Å². The van der Waals surface area contributed by atoms with Gasteiger partial charge in [0.05, 0.1) is 5.56 Å². The minimum absolute atomic E-state index is 0.381. The Labute approximate surface area is 180 Å². The van der Waals surface area contributed by atoms with Crippen LogP contribution in [0.5, 0.6) is 0 Å². The highest BCUT2D eigenvalue weighted by atomic mass is 16.4. The topological polar surface area (TPSA) is 37.3 Å². The number of carboxylic acid groups (broad SMARTS) is 1. The molecule has 0 atom stereocenters. The number of carboxylic acids is 1. The summed E-state index contributed by atoms with van der Waals surface area (Å²) in [5, 5.41) is 8.91. The number of aryl methyl sites for hydroxylation is 1. The van der Waals surface area contributed by atoms with Crippen molar-refractivity contribution in [2.75, 3.05) is 0 Å². The molecule has 0 aliphatic carbocycles. The van der Waals surface area contributed by atoms with Crippen LogP contribution >= 0.6 is 0 Å². The molecule has 166 valence electrons. The number of hydrogen-bond donors (Lipinski definition) is 1. The third-order valence-corrected chi connectivity index (χ3v) is 6.02. The van der Waals surface area contributed by atoms with E-state index in [-0.39, 0.29) is 0 Å². The van der Waals surface area contributed by atoms with Crippen LogP contribution in [0.2, 0.25) is 0 Å².